The van der Waals surface area contributed by atoms with Crippen molar-refractivity contribution in [1.82, 2.24) is 9.97 Å². The smallest absolute Gasteiger partial charge is 0.258 e. The third-order valence-electron chi connectivity index (χ3n) is 2.78. The number of rotatable bonds is 2. The Bertz CT molecular complexity index is 729. The van der Waals surface area contributed by atoms with E-state index in [9.17, 15) is 4.79 Å². The van der Waals surface area contributed by atoms with Gasteiger partial charge >= 0.3 is 0 Å². The monoisotopic (exact) mass is 280 g/mol. The zero-order valence-electron chi connectivity index (χ0n) is 12.0. The lowest BCUT2D eigenvalue weighted by Gasteiger charge is -2.07. The molecule has 0 aliphatic heterocycles. The Balaban J connectivity index is 2.19. The molecule has 5 heteroatoms. The number of nitrogens with one attached hydrogen (secondary N) is 1. The lowest BCUT2D eigenvalue weighted by atomic mass is 10.1. The van der Waals surface area contributed by atoms with E-state index in [1.807, 2.05) is 6.92 Å². The Labute approximate surface area is 123 Å². The summed E-state index contributed by atoms with van der Waals surface area (Å²) in [5.74, 6) is 5.76. The normalized spacial score (nSPS) is 9.67. The lowest BCUT2D eigenvalue weighted by Crippen LogP contribution is -2.15. The van der Waals surface area contributed by atoms with Crippen LogP contribution < -0.4 is 11.1 Å². The summed E-state index contributed by atoms with van der Waals surface area (Å²) in [5, 5.41) is 2.75. The Kier molecular flexibility index (Phi) is 4.64. The average molecular weight is 280 g/mol. The minimum atomic E-state index is -0.239. The fourth-order valence-electron chi connectivity index (χ4n) is 1.83. The van der Waals surface area contributed by atoms with Gasteiger partial charge in [-0.05, 0) is 44.0 Å². The Morgan fingerprint density at radius 3 is 2.76 bits per heavy atom. The Hall–Kier alpha value is -2.71. The molecule has 0 atom stereocenters. The quantitative estimate of drug-likeness (QED) is 0.820. The number of hydrogen-bond donors (Lipinski definition) is 2. The molecule has 0 unspecified atom stereocenters. The van der Waals surface area contributed by atoms with Crippen molar-refractivity contribution in [2.24, 2.45) is 5.73 Å². The first-order valence-corrected chi connectivity index (χ1v) is 6.52. The standard InChI is InChI=1S/C16H16N4O/c1-11-8-9-14(12(2)18-11)16(21)20-15-7-3-5-13(19-15)6-4-10-17/h3,5,7-9H,10,17H2,1-2H3,(H,19,20,21). The Morgan fingerprint density at radius 2 is 2.05 bits per heavy atom. The molecule has 0 spiro atoms. The second-order valence-corrected chi connectivity index (χ2v) is 4.45. The highest BCUT2D eigenvalue weighted by Crippen LogP contribution is 2.10. The molecule has 0 aromatic carbocycles. The summed E-state index contributed by atoms with van der Waals surface area (Å²) >= 11 is 0. The molecule has 106 valence electrons. The van der Waals surface area contributed by atoms with E-state index in [1.54, 1.807) is 37.3 Å². The van der Waals surface area contributed by atoms with Crippen LogP contribution in [0, 0.1) is 25.7 Å². The van der Waals surface area contributed by atoms with E-state index in [-0.39, 0.29) is 12.5 Å². The molecule has 2 aromatic rings. The van der Waals surface area contributed by atoms with Gasteiger partial charge in [0.2, 0.25) is 0 Å². The van der Waals surface area contributed by atoms with Crippen LogP contribution in [0.3, 0.4) is 0 Å². The van der Waals surface area contributed by atoms with E-state index in [2.05, 4.69) is 27.1 Å². The molecule has 1 amide bonds. The van der Waals surface area contributed by atoms with Crippen molar-refractivity contribution in [3.63, 3.8) is 0 Å². The molecular formula is C16H16N4O. The van der Waals surface area contributed by atoms with Crippen molar-refractivity contribution >= 4 is 11.7 Å². The van der Waals surface area contributed by atoms with Gasteiger partial charge in [0, 0.05) is 5.69 Å². The third kappa shape index (κ3) is 3.88. The zero-order chi connectivity index (χ0) is 15.2. The first kappa shape index (κ1) is 14.7. The topological polar surface area (TPSA) is 80.9 Å². The Morgan fingerprint density at radius 1 is 1.24 bits per heavy atom. The van der Waals surface area contributed by atoms with Crippen LogP contribution in [-0.2, 0) is 0 Å². The molecule has 0 aliphatic rings. The van der Waals surface area contributed by atoms with E-state index >= 15 is 0 Å². The van der Waals surface area contributed by atoms with E-state index in [1.165, 1.54) is 0 Å². The maximum Gasteiger partial charge on any atom is 0.258 e. The average Bonchev–Trinajstić information content (AvgIpc) is 2.45. The number of nitrogens with two attached hydrogens (primary N) is 1. The fraction of sp³-hybridized carbons (Fsp3) is 0.188. The maximum atomic E-state index is 12.2. The number of carbonyl (C=O) groups excluding carboxylic acids is 1. The molecule has 0 saturated heterocycles. The molecule has 3 N–H and O–H groups in total. The zero-order valence-corrected chi connectivity index (χ0v) is 12.0. The number of nitrogens with zero attached hydrogens (tertiary/aromatic N) is 2. The van der Waals surface area contributed by atoms with Gasteiger partial charge in [-0.1, -0.05) is 12.0 Å². The molecule has 2 aromatic heterocycles. The molecule has 0 saturated carbocycles. The van der Waals surface area contributed by atoms with Gasteiger partial charge in [0.25, 0.3) is 5.91 Å². The number of amides is 1. The number of aromatic nitrogens is 2. The summed E-state index contributed by atoms with van der Waals surface area (Å²) in [6.07, 6.45) is 0. The van der Waals surface area contributed by atoms with Crippen LogP contribution in [0.2, 0.25) is 0 Å². The molecule has 21 heavy (non-hydrogen) atoms. The van der Waals surface area contributed by atoms with Crippen molar-refractivity contribution < 1.29 is 4.79 Å². The van der Waals surface area contributed by atoms with Crippen LogP contribution in [-0.4, -0.2) is 22.4 Å². The van der Waals surface area contributed by atoms with Gasteiger partial charge in [-0.25, -0.2) is 4.98 Å². The third-order valence-corrected chi connectivity index (χ3v) is 2.78. The highest BCUT2D eigenvalue weighted by molar-refractivity contribution is 6.04. The van der Waals surface area contributed by atoms with Gasteiger partial charge in [-0.2, -0.15) is 0 Å². The van der Waals surface area contributed by atoms with Gasteiger partial charge in [0.1, 0.15) is 11.5 Å². The van der Waals surface area contributed by atoms with Gasteiger partial charge in [-0.3, -0.25) is 9.78 Å². The summed E-state index contributed by atoms with van der Waals surface area (Å²) in [5.41, 5.74) is 7.98. The number of anilines is 1. The highest BCUT2D eigenvalue weighted by Gasteiger charge is 2.10. The van der Waals surface area contributed by atoms with E-state index in [4.69, 9.17) is 5.73 Å². The second kappa shape index (κ2) is 6.64. The largest absolute Gasteiger partial charge is 0.320 e. The van der Waals surface area contributed by atoms with Crippen molar-refractivity contribution in [3.8, 4) is 11.8 Å². The van der Waals surface area contributed by atoms with Crippen LogP contribution in [0.4, 0.5) is 5.82 Å². The van der Waals surface area contributed by atoms with E-state index < -0.39 is 0 Å². The minimum absolute atomic E-state index is 0.239. The van der Waals surface area contributed by atoms with Crippen LogP contribution >= 0.6 is 0 Å². The van der Waals surface area contributed by atoms with Crippen molar-refractivity contribution in [3.05, 3.63) is 53.0 Å². The van der Waals surface area contributed by atoms with Gasteiger partial charge < -0.3 is 11.1 Å². The number of pyridine rings is 2. The van der Waals surface area contributed by atoms with Gasteiger partial charge in [0.15, 0.2) is 0 Å². The number of carbonyl (C=O) groups is 1. The van der Waals surface area contributed by atoms with E-state index in [0.717, 1.165) is 5.69 Å². The summed E-state index contributed by atoms with van der Waals surface area (Å²) in [4.78, 5) is 20.7. The first-order valence-electron chi connectivity index (χ1n) is 6.52. The lowest BCUT2D eigenvalue weighted by molar-refractivity contribution is 0.102. The van der Waals surface area contributed by atoms with Crippen LogP contribution in [0.1, 0.15) is 27.4 Å². The predicted molar refractivity (Wildman–Crippen MR) is 81.8 cm³/mol. The summed E-state index contributed by atoms with van der Waals surface area (Å²) < 4.78 is 0. The molecule has 2 rings (SSSR count). The summed E-state index contributed by atoms with van der Waals surface area (Å²) in [6, 6.07) is 8.81. The summed E-state index contributed by atoms with van der Waals surface area (Å²) in [6.45, 7) is 3.96. The predicted octanol–water partition coefficient (Wildman–Crippen LogP) is 1.66. The molecule has 0 aliphatic carbocycles. The van der Waals surface area contributed by atoms with Crippen molar-refractivity contribution in [2.45, 2.75) is 13.8 Å². The molecule has 0 bridgehead atoms. The van der Waals surface area contributed by atoms with Crippen molar-refractivity contribution in [1.29, 1.82) is 0 Å². The maximum absolute atomic E-state index is 12.2. The number of hydrogen-bond acceptors (Lipinski definition) is 4. The highest BCUT2D eigenvalue weighted by atomic mass is 16.1. The fourth-order valence-corrected chi connectivity index (χ4v) is 1.83. The van der Waals surface area contributed by atoms with Gasteiger partial charge in [-0.15, -0.1) is 0 Å². The first-order chi connectivity index (χ1) is 10.1. The van der Waals surface area contributed by atoms with Gasteiger partial charge in [0.05, 0.1) is 17.8 Å². The van der Waals surface area contributed by atoms with Crippen LogP contribution in [0.25, 0.3) is 0 Å². The molecule has 0 fully saturated rings. The number of aryl methyl sites for hydroxylation is 2. The van der Waals surface area contributed by atoms with Crippen LogP contribution in [0.5, 0.6) is 0 Å². The summed E-state index contributed by atoms with van der Waals surface area (Å²) in [7, 11) is 0. The molecule has 2 heterocycles. The van der Waals surface area contributed by atoms with Crippen LogP contribution in [0.15, 0.2) is 30.3 Å². The molecular weight excluding hydrogens is 264 g/mol. The SMILES string of the molecule is Cc1ccc(C(=O)Nc2cccc(C#CCN)n2)c(C)n1. The minimum Gasteiger partial charge on any atom is -0.320 e. The van der Waals surface area contributed by atoms with Crippen molar-refractivity contribution in [2.75, 3.05) is 11.9 Å². The molecule has 0 radical (unpaired) electrons. The molecule has 5 nitrogen and oxygen atoms in total. The second-order valence-electron chi connectivity index (χ2n) is 4.45. The van der Waals surface area contributed by atoms with E-state index in [0.29, 0.717) is 22.8 Å².